The lowest BCUT2D eigenvalue weighted by molar-refractivity contribution is 0.0152. The summed E-state index contributed by atoms with van der Waals surface area (Å²) in [6, 6.07) is 0. The first-order valence-electron chi connectivity index (χ1n) is 5.50. The van der Waals surface area contributed by atoms with E-state index in [1.54, 1.807) is 0 Å². The van der Waals surface area contributed by atoms with Gasteiger partial charge >= 0.3 is 0 Å². The van der Waals surface area contributed by atoms with E-state index in [0.717, 1.165) is 31.1 Å². The van der Waals surface area contributed by atoms with Gasteiger partial charge in [-0.05, 0) is 19.3 Å². The first-order chi connectivity index (χ1) is 7.31. The highest BCUT2D eigenvalue weighted by Gasteiger charge is 2.17. The maximum Gasteiger partial charge on any atom is 0.146 e. The molecular weight excluding hydrogens is 192 g/mol. The van der Waals surface area contributed by atoms with Crippen molar-refractivity contribution in [2.24, 2.45) is 12.8 Å². The number of hydrogen-bond acceptors (Lipinski definition) is 4. The number of nitrogens with zero attached hydrogens (tertiary/aromatic N) is 3. The van der Waals surface area contributed by atoms with Crippen LogP contribution in [0.2, 0.25) is 0 Å². The first kappa shape index (κ1) is 10.6. The summed E-state index contributed by atoms with van der Waals surface area (Å²) in [7, 11) is 1.96. The van der Waals surface area contributed by atoms with Crippen LogP contribution in [0, 0.1) is 0 Å². The van der Waals surface area contributed by atoms with Gasteiger partial charge in [-0.3, -0.25) is 0 Å². The summed E-state index contributed by atoms with van der Waals surface area (Å²) in [5, 5.41) is 8.17. The summed E-state index contributed by atoms with van der Waals surface area (Å²) in [6.07, 6.45) is 4.73. The molecule has 2 heterocycles. The summed E-state index contributed by atoms with van der Waals surface area (Å²) >= 11 is 0. The summed E-state index contributed by atoms with van der Waals surface area (Å²) in [5.41, 5.74) is 5.54. The van der Waals surface area contributed by atoms with E-state index >= 15 is 0 Å². The molecule has 5 heteroatoms. The second-order valence-electron chi connectivity index (χ2n) is 3.99. The molecule has 0 spiro atoms. The Labute approximate surface area is 89.6 Å². The zero-order valence-electron chi connectivity index (χ0n) is 9.15. The van der Waals surface area contributed by atoms with Gasteiger partial charge < -0.3 is 15.0 Å². The fourth-order valence-corrected chi connectivity index (χ4v) is 1.93. The molecule has 1 aliphatic rings. The Kier molecular flexibility index (Phi) is 3.33. The summed E-state index contributed by atoms with van der Waals surface area (Å²) in [6.45, 7) is 1.32. The molecule has 2 rings (SSSR count). The fourth-order valence-electron chi connectivity index (χ4n) is 1.93. The van der Waals surface area contributed by atoms with Crippen molar-refractivity contribution in [3.05, 3.63) is 11.6 Å². The minimum atomic E-state index is 0.312. The molecule has 1 unspecified atom stereocenters. The molecule has 1 aliphatic heterocycles. The van der Waals surface area contributed by atoms with Crippen LogP contribution in [0.4, 0.5) is 0 Å². The average molecular weight is 210 g/mol. The van der Waals surface area contributed by atoms with Gasteiger partial charge in [0.25, 0.3) is 0 Å². The third-order valence-electron chi connectivity index (χ3n) is 2.92. The average Bonchev–Trinajstić information content (AvgIpc) is 2.62. The van der Waals surface area contributed by atoms with E-state index in [1.807, 2.05) is 11.6 Å². The third-order valence-corrected chi connectivity index (χ3v) is 2.92. The molecule has 0 aromatic carbocycles. The lowest BCUT2D eigenvalue weighted by atomic mass is 10.1. The Bertz CT molecular complexity index is 317. The van der Waals surface area contributed by atoms with Crippen molar-refractivity contribution >= 4 is 0 Å². The molecule has 15 heavy (non-hydrogen) atoms. The van der Waals surface area contributed by atoms with E-state index < -0.39 is 0 Å². The Morgan fingerprint density at radius 3 is 2.80 bits per heavy atom. The highest BCUT2D eigenvalue weighted by atomic mass is 16.5. The van der Waals surface area contributed by atoms with Crippen molar-refractivity contribution in [1.29, 1.82) is 0 Å². The van der Waals surface area contributed by atoms with Crippen LogP contribution in [-0.4, -0.2) is 27.5 Å². The van der Waals surface area contributed by atoms with Crippen molar-refractivity contribution in [2.75, 3.05) is 6.61 Å². The van der Waals surface area contributed by atoms with Crippen LogP contribution in [0.15, 0.2) is 0 Å². The van der Waals surface area contributed by atoms with E-state index in [0.29, 0.717) is 12.6 Å². The largest absolute Gasteiger partial charge is 0.378 e. The van der Waals surface area contributed by atoms with Gasteiger partial charge in [0.2, 0.25) is 0 Å². The van der Waals surface area contributed by atoms with Gasteiger partial charge in [-0.25, -0.2) is 0 Å². The molecule has 0 aliphatic carbocycles. The van der Waals surface area contributed by atoms with E-state index in [2.05, 4.69) is 10.2 Å². The fraction of sp³-hybridized carbons (Fsp3) is 0.800. The maximum atomic E-state index is 5.67. The third kappa shape index (κ3) is 2.35. The minimum absolute atomic E-state index is 0.312. The molecule has 1 saturated heterocycles. The molecule has 0 radical (unpaired) electrons. The smallest absolute Gasteiger partial charge is 0.146 e. The Hall–Kier alpha value is -0.940. The quantitative estimate of drug-likeness (QED) is 0.783. The Balaban J connectivity index is 2.00. The van der Waals surface area contributed by atoms with Crippen LogP contribution in [0.25, 0.3) is 0 Å². The molecule has 5 nitrogen and oxygen atoms in total. The molecule has 0 saturated carbocycles. The summed E-state index contributed by atoms with van der Waals surface area (Å²) < 4.78 is 7.64. The van der Waals surface area contributed by atoms with Gasteiger partial charge in [0.05, 0.1) is 12.6 Å². The van der Waals surface area contributed by atoms with Crippen molar-refractivity contribution in [2.45, 2.75) is 38.3 Å². The summed E-state index contributed by atoms with van der Waals surface area (Å²) in [4.78, 5) is 0. The SMILES string of the molecule is Cn1c(CN)nnc1CC1CCCCO1. The highest BCUT2D eigenvalue weighted by Crippen LogP contribution is 2.16. The molecular formula is C10H18N4O. The predicted octanol–water partition coefficient (Wildman–Crippen LogP) is 0.385. The highest BCUT2D eigenvalue weighted by molar-refractivity contribution is 4.96. The second-order valence-corrected chi connectivity index (χ2v) is 3.99. The zero-order chi connectivity index (χ0) is 10.7. The molecule has 1 aromatic heterocycles. The molecule has 2 N–H and O–H groups in total. The van der Waals surface area contributed by atoms with Gasteiger partial charge in [0.1, 0.15) is 11.6 Å². The van der Waals surface area contributed by atoms with Crippen LogP contribution < -0.4 is 5.73 Å². The number of ether oxygens (including phenoxy) is 1. The maximum absolute atomic E-state index is 5.67. The second kappa shape index (κ2) is 4.72. The monoisotopic (exact) mass is 210 g/mol. The topological polar surface area (TPSA) is 66.0 Å². The Morgan fingerprint density at radius 1 is 1.40 bits per heavy atom. The Morgan fingerprint density at radius 2 is 2.20 bits per heavy atom. The van der Waals surface area contributed by atoms with Crippen LogP contribution in [0.3, 0.4) is 0 Å². The van der Waals surface area contributed by atoms with Crippen molar-refractivity contribution in [3.8, 4) is 0 Å². The van der Waals surface area contributed by atoms with Gasteiger partial charge in [0, 0.05) is 20.1 Å². The number of rotatable bonds is 3. The molecule has 0 bridgehead atoms. The van der Waals surface area contributed by atoms with Crippen LogP contribution in [-0.2, 0) is 24.8 Å². The molecule has 1 fully saturated rings. The number of nitrogens with two attached hydrogens (primary N) is 1. The van der Waals surface area contributed by atoms with Gasteiger partial charge in [-0.1, -0.05) is 0 Å². The van der Waals surface area contributed by atoms with Crippen molar-refractivity contribution < 1.29 is 4.74 Å². The zero-order valence-corrected chi connectivity index (χ0v) is 9.15. The van der Waals surface area contributed by atoms with Crippen LogP contribution in [0.1, 0.15) is 30.9 Å². The molecule has 84 valence electrons. The van der Waals surface area contributed by atoms with Crippen molar-refractivity contribution in [3.63, 3.8) is 0 Å². The minimum Gasteiger partial charge on any atom is -0.378 e. The van der Waals surface area contributed by atoms with Gasteiger partial charge in [-0.15, -0.1) is 10.2 Å². The standard InChI is InChI=1S/C10H18N4O/c1-14-9(12-13-10(14)7-11)6-8-4-2-3-5-15-8/h8H,2-7,11H2,1H3. The summed E-state index contributed by atoms with van der Waals surface area (Å²) in [5.74, 6) is 1.81. The molecule has 1 atom stereocenters. The lowest BCUT2D eigenvalue weighted by Crippen LogP contribution is -2.23. The van der Waals surface area contributed by atoms with Crippen molar-refractivity contribution in [1.82, 2.24) is 14.8 Å². The lowest BCUT2D eigenvalue weighted by Gasteiger charge is -2.21. The molecule has 1 aromatic rings. The van der Waals surface area contributed by atoms with E-state index in [4.69, 9.17) is 10.5 Å². The van der Waals surface area contributed by atoms with Crippen LogP contribution in [0.5, 0.6) is 0 Å². The number of hydrogen-bond donors (Lipinski definition) is 1. The number of aromatic nitrogens is 3. The van der Waals surface area contributed by atoms with E-state index in [9.17, 15) is 0 Å². The predicted molar refractivity (Wildman–Crippen MR) is 56.2 cm³/mol. The van der Waals surface area contributed by atoms with Gasteiger partial charge in [0.15, 0.2) is 0 Å². The normalized spacial score (nSPS) is 21.9. The first-order valence-corrected chi connectivity index (χ1v) is 5.50. The van der Waals surface area contributed by atoms with Gasteiger partial charge in [-0.2, -0.15) is 0 Å². The molecule has 0 amide bonds. The van der Waals surface area contributed by atoms with Crippen LogP contribution >= 0.6 is 0 Å². The van der Waals surface area contributed by atoms with E-state index in [1.165, 1.54) is 12.8 Å². The van der Waals surface area contributed by atoms with E-state index in [-0.39, 0.29) is 0 Å².